The molecule has 6 aliphatic heterocycles. The predicted molar refractivity (Wildman–Crippen MR) is 558 cm³/mol. The van der Waals surface area contributed by atoms with E-state index in [1.165, 1.54) is 0 Å². The van der Waals surface area contributed by atoms with Gasteiger partial charge in [-0.2, -0.15) is 0 Å². The van der Waals surface area contributed by atoms with E-state index in [0.717, 1.165) is 28.1 Å². The van der Waals surface area contributed by atoms with E-state index in [2.05, 4.69) is 63.0 Å². The summed E-state index contributed by atoms with van der Waals surface area (Å²) in [4.78, 5) is 241. The summed E-state index contributed by atoms with van der Waals surface area (Å²) in [5, 5.41) is 49.4. The van der Waals surface area contributed by atoms with Crippen LogP contribution in [0, 0.1) is 29.6 Å². The van der Waals surface area contributed by atoms with Gasteiger partial charge in [-0.25, -0.2) is 0 Å². The number of amides is 12. The lowest BCUT2D eigenvalue weighted by Crippen LogP contribution is -2.64. The average molecular weight is 2010 g/mol. The molecule has 0 aromatic heterocycles. The number of aryl methyl sites for hydroxylation is 1. The number of hydrogen-bond donors (Lipinski definition) is 12. The Morgan fingerprint density at radius 3 is 1.29 bits per heavy atom. The highest BCUT2D eigenvalue weighted by atomic mass is 16.4. The van der Waals surface area contributed by atoms with E-state index in [0.29, 0.717) is 156 Å². The third-order valence-electron chi connectivity index (χ3n) is 28.9. The number of fused-ring (bicyclic) bond motifs is 6. The summed E-state index contributed by atoms with van der Waals surface area (Å²) >= 11 is 0. The fourth-order valence-corrected chi connectivity index (χ4v) is 21.2. The van der Waals surface area contributed by atoms with Gasteiger partial charge in [0.1, 0.15) is 30.0 Å². The minimum Gasteiger partial charge on any atom is -0.481 e. The molecule has 0 aliphatic carbocycles. The van der Waals surface area contributed by atoms with Crippen LogP contribution in [0.2, 0.25) is 0 Å². The summed E-state index contributed by atoms with van der Waals surface area (Å²) in [6.07, 6.45) is 1.10. The van der Waals surface area contributed by atoms with Crippen molar-refractivity contribution in [3.05, 3.63) is 167 Å². The van der Waals surface area contributed by atoms with Crippen LogP contribution in [0.5, 0.6) is 0 Å². The molecule has 12 rings (SSSR count). The number of carbonyl (C=O) groups is 16. The largest absolute Gasteiger partial charge is 0.481 e. The number of nitrogens with one attached hydrogen (secondary N) is 10. The van der Waals surface area contributed by atoms with Crippen molar-refractivity contribution in [2.75, 3.05) is 75.2 Å². The van der Waals surface area contributed by atoms with Crippen molar-refractivity contribution in [2.45, 2.75) is 291 Å². The van der Waals surface area contributed by atoms with Crippen LogP contribution in [0.4, 0.5) is 11.4 Å². The Bertz CT molecular complexity index is 5410. The molecular formula is C112H150N16O18. The van der Waals surface area contributed by atoms with Crippen LogP contribution in [0.15, 0.2) is 133 Å². The van der Waals surface area contributed by atoms with Gasteiger partial charge >= 0.3 is 11.9 Å². The quantitative estimate of drug-likeness (QED) is 0.0318. The number of anilines is 2. The SMILES string of the molecule is CC[C@H](C)[C@@H]1CC(=O)[C@H](CC(=O)O)NC(=O)C[C@H](CC(C)C)NC(=O)c2ccc(-c3ccc(N4CCN(C(=O)c5ccccc5-c5ccccc5C(=O)N5CCN(c6ccc(-c7ccc8cc7CCC(=O)[C@@H]7CCCN7[C@H](C(=O)NC(C)(C)C)[C@H](C)NC(=O)[C@H]([C@@H](C)CC)NC(=O)[C@H](CC(=O)O)NC(=O)C[C@H](CC(C)C)NC8=O)cc6)CC5)CC4)cc3)c(c2)CNC(=O)[C@@H]2CCCN2[C@H](C(=O)NC(C)(C)C)[C@H](C)NC1=O. The van der Waals surface area contributed by atoms with Crippen LogP contribution in [-0.2, 0) is 70.5 Å². The summed E-state index contributed by atoms with van der Waals surface area (Å²) in [5.41, 5.74) is 7.19. The Morgan fingerprint density at radius 2 is 0.836 bits per heavy atom. The van der Waals surface area contributed by atoms with Crippen LogP contribution in [0.1, 0.15) is 253 Å². The Morgan fingerprint density at radius 1 is 0.418 bits per heavy atom. The first kappa shape index (κ1) is 112. The number of Topliss-reactive ketones (excluding diaryl/α,β-unsaturated/α-hetero) is 2. The van der Waals surface area contributed by atoms with Crippen LogP contribution in [0.25, 0.3) is 33.4 Å². The maximum atomic E-state index is 15.0. The van der Waals surface area contributed by atoms with E-state index in [9.17, 15) is 72.5 Å². The number of ketones is 2. The molecule has 4 saturated heterocycles. The highest BCUT2D eigenvalue weighted by Crippen LogP contribution is 2.37. The van der Waals surface area contributed by atoms with Crippen molar-refractivity contribution in [3.63, 3.8) is 0 Å². The summed E-state index contributed by atoms with van der Waals surface area (Å²) in [6.45, 7) is 33.4. The Hall–Kier alpha value is -13.2. The second-order valence-corrected chi connectivity index (χ2v) is 43.4. The molecule has 0 saturated carbocycles. The van der Waals surface area contributed by atoms with Crippen LogP contribution in [0.3, 0.4) is 0 Å². The minimum absolute atomic E-state index is 0.0200. The first-order valence-electron chi connectivity index (χ1n) is 52.0. The molecule has 6 heterocycles. The fourth-order valence-electron chi connectivity index (χ4n) is 21.2. The van der Waals surface area contributed by atoms with Crippen LogP contribution in [-0.4, -0.2) is 267 Å². The van der Waals surface area contributed by atoms with Crippen molar-refractivity contribution >= 4 is 106 Å². The molecule has 4 fully saturated rings. The molecule has 12 amide bonds. The number of carbonyl (C=O) groups excluding carboxylic acids is 14. The molecule has 0 unspecified atom stereocenters. The molecule has 0 radical (unpaired) electrons. The summed E-state index contributed by atoms with van der Waals surface area (Å²) in [6, 6.07) is 29.6. The molecule has 12 N–H and O–H groups in total. The number of carboxylic acids is 2. The van der Waals surface area contributed by atoms with E-state index in [-0.39, 0.29) is 78.7 Å². The smallest absolute Gasteiger partial charge is 0.305 e. The normalized spacial score (nSPS) is 23.8. The third kappa shape index (κ3) is 29.2. The highest BCUT2D eigenvalue weighted by Gasteiger charge is 2.47. The van der Waals surface area contributed by atoms with Crippen molar-refractivity contribution in [1.82, 2.24) is 72.8 Å². The van der Waals surface area contributed by atoms with Crippen LogP contribution < -0.4 is 63.0 Å². The van der Waals surface area contributed by atoms with Gasteiger partial charge in [0.05, 0.1) is 43.1 Å². The second-order valence-electron chi connectivity index (χ2n) is 43.4. The average Bonchev–Trinajstić information content (AvgIpc) is 1.48. The molecule has 786 valence electrons. The number of aliphatic carboxylic acids is 2. The van der Waals surface area contributed by atoms with E-state index in [4.69, 9.17) is 0 Å². The molecule has 0 spiro atoms. The molecule has 34 nitrogen and oxygen atoms in total. The molecule has 34 heteroatoms. The molecular weight excluding hydrogens is 1860 g/mol. The highest BCUT2D eigenvalue weighted by molar-refractivity contribution is 6.07. The monoisotopic (exact) mass is 2010 g/mol. The maximum absolute atomic E-state index is 15.0. The van der Waals surface area contributed by atoms with Crippen LogP contribution >= 0.6 is 0 Å². The van der Waals surface area contributed by atoms with Gasteiger partial charge in [-0.3, -0.25) is 86.5 Å². The number of piperazine rings is 2. The maximum Gasteiger partial charge on any atom is 0.305 e. The summed E-state index contributed by atoms with van der Waals surface area (Å²) in [7, 11) is 0. The van der Waals surface area contributed by atoms with E-state index < -0.39 is 185 Å². The number of nitrogens with zero attached hydrogens (tertiary/aromatic N) is 6. The first-order chi connectivity index (χ1) is 69.2. The van der Waals surface area contributed by atoms with Gasteiger partial charge in [-0.1, -0.05) is 141 Å². The molecule has 14 atom stereocenters. The van der Waals surface area contributed by atoms with Gasteiger partial charge < -0.3 is 83.0 Å². The molecule has 146 heavy (non-hydrogen) atoms. The van der Waals surface area contributed by atoms with Gasteiger partial charge in [0.2, 0.25) is 47.3 Å². The van der Waals surface area contributed by atoms with Gasteiger partial charge in [-0.15, -0.1) is 0 Å². The van der Waals surface area contributed by atoms with E-state index in [1.54, 1.807) is 75.1 Å². The lowest BCUT2D eigenvalue weighted by atomic mass is 9.84. The Balaban J connectivity index is 0.733. The summed E-state index contributed by atoms with van der Waals surface area (Å²) in [5.74, 6) is -11.6. The Labute approximate surface area is 857 Å². The molecule has 6 aliphatic rings. The van der Waals surface area contributed by atoms with Crippen molar-refractivity contribution in [1.29, 1.82) is 0 Å². The number of benzene rings is 6. The topological polar surface area (TPSA) is 453 Å². The van der Waals surface area contributed by atoms with Gasteiger partial charge in [0.25, 0.3) is 23.6 Å². The zero-order chi connectivity index (χ0) is 106. The van der Waals surface area contributed by atoms with Gasteiger partial charge in [0.15, 0.2) is 5.78 Å². The fraction of sp³-hybridized carbons (Fsp3) is 0.536. The lowest BCUT2D eigenvalue weighted by Gasteiger charge is -2.38. The van der Waals surface area contributed by atoms with Gasteiger partial charge in [0, 0.05) is 147 Å². The lowest BCUT2D eigenvalue weighted by molar-refractivity contribution is -0.142. The van der Waals surface area contributed by atoms with E-state index >= 15 is 14.4 Å². The number of hydrogen-bond acceptors (Lipinski definition) is 20. The Kier molecular flexibility index (Phi) is 38.0. The number of rotatable bonds is 21. The van der Waals surface area contributed by atoms with E-state index in [1.807, 2.05) is 189 Å². The minimum atomic E-state index is -1.61. The molecule has 4 bridgehead atoms. The standard InChI is InChI=1S/C112H150N16O18/c1-17-67(7)87-61-93(130)88(62-96(133)134)118-94(131)59-77(55-65(3)4)117-102(138)75-36-43-82(76(58-75)64-113-105(141)91-30-24-46-128(91)100(69(9)114-103(87)139)108(144)122-112(14,15)16)72-33-40-80(41-34-72)124-49-53-126(54-50-124)110(146)86-28-22-20-26-84(86)83-25-19-21-27-85(83)109(145)125-51-47-123(48-52-125)79-38-31-71(32-39-79)81-42-35-74-57-73(81)37-44-92(129)90-29-23-45-127(90)99(107(143)121-111(11,12)13)70(10)115-106(142)98(68(8)18-2)120-104(140)89(63-97(135)136)119-95(132)60-78(56-66(5)6)116-101(74)137/h19-22,25-28,31-36,38-43,57-58,65-70,77-78,87-91,98-100H,17-18,23-24,29-30,37,44-56,59-64H2,1-16H3,(H,113,141)(H,114,139)(H,115,142)(H,116,137)(H,117,138)(H,118,131)(H,119,132)(H,120,140)(H,121,143)(H,122,144)(H,133,134)(H,135,136)/t67-,68-,69-,70-,77-,78-,87-,88-,89-,90-,91-,98-,99-,100-/m0/s1. The van der Waals surface area contributed by atoms with Gasteiger partial charge in [-0.05, 0) is 242 Å². The summed E-state index contributed by atoms with van der Waals surface area (Å²) < 4.78 is 0. The molecule has 6 aromatic carbocycles. The second kappa shape index (κ2) is 49.8. The first-order valence-corrected chi connectivity index (χ1v) is 52.0. The zero-order valence-electron chi connectivity index (χ0n) is 87.4. The molecule has 6 aromatic rings. The van der Waals surface area contributed by atoms with Crippen molar-refractivity contribution < 1.29 is 86.9 Å². The van der Waals surface area contributed by atoms with Crippen molar-refractivity contribution in [3.8, 4) is 33.4 Å². The third-order valence-corrected chi connectivity index (χ3v) is 28.9. The van der Waals surface area contributed by atoms with Crippen molar-refractivity contribution in [2.24, 2.45) is 29.6 Å². The number of carboxylic acid groups (broad SMARTS) is 2. The predicted octanol–water partition coefficient (Wildman–Crippen LogP) is 10.4. The zero-order valence-corrected chi connectivity index (χ0v) is 87.4.